The van der Waals surface area contributed by atoms with Crippen molar-refractivity contribution in [1.82, 2.24) is 0 Å². The van der Waals surface area contributed by atoms with E-state index in [1.165, 1.54) is 0 Å². The summed E-state index contributed by atoms with van der Waals surface area (Å²) in [5.74, 6) is 0.770. The molecule has 2 aromatic rings. The van der Waals surface area contributed by atoms with Crippen molar-refractivity contribution in [1.29, 1.82) is 0 Å². The van der Waals surface area contributed by atoms with Crippen LogP contribution in [0.5, 0.6) is 5.75 Å². The molecule has 1 aromatic heterocycles. The standard InChI is InChI=1S/C9H10N2OS/c1-12-5-2-6(10)9-7(11)4-13-8(9)3-5/h2-4H,10-11H2,1H3. The third-order valence-corrected chi connectivity index (χ3v) is 2.89. The Morgan fingerprint density at radius 1 is 1.23 bits per heavy atom. The minimum atomic E-state index is 0.674. The van der Waals surface area contributed by atoms with E-state index < -0.39 is 0 Å². The maximum absolute atomic E-state index is 5.82. The summed E-state index contributed by atoms with van der Waals surface area (Å²) in [5.41, 5.74) is 13.0. The van der Waals surface area contributed by atoms with Crippen LogP contribution < -0.4 is 16.2 Å². The molecule has 3 nitrogen and oxygen atoms in total. The number of nitrogen functional groups attached to an aromatic ring is 2. The Hall–Kier alpha value is -1.42. The average Bonchev–Trinajstić information content (AvgIpc) is 2.48. The van der Waals surface area contributed by atoms with E-state index in [1.807, 2.05) is 11.4 Å². The molecule has 0 unspecified atom stereocenters. The molecule has 0 saturated carbocycles. The highest BCUT2D eigenvalue weighted by Crippen LogP contribution is 2.35. The van der Waals surface area contributed by atoms with Crippen LogP contribution in [0.1, 0.15) is 0 Å². The van der Waals surface area contributed by atoms with Crippen LogP contribution in [0.2, 0.25) is 0 Å². The first-order chi connectivity index (χ1) is 6.22. The van der Waals surface area contributed by atoms with Gasteiger partial charge in [-0.3, -0.25) is 0 Å². The van der Waals surface area contributed by atoms with Crippen molar-refractivity contribution in [2.24, 2.45) is 0 Å². The lowest BCUT2D eigenvalue weighted by molar-refractivity contribution is 0.415. The molecule has 0 fully saturated rings. The van der Waals surface area contributed by atoms with Crippen molar-refractivity contribution in [3.8, 4) is 5.75 Å². The Labute approximate surface area is 79.9 Å². The molecule has 0 bridgehead atoms. The molecule has 0 aliphatic carbocycles. The fraction of sp³-hybridized carbons (Fsp3) is 0.111. The first-order valence-corrected chi connectivity index (χ1v) is 4.70. The zero-order chi connectivity index (χ0) is 9.42. The van der Waals surface area contributed by atoms with E-state index in [0.29, 0.717) is 5.69 Å². The van der Waals surface area contributed by atoms with Crippen molar-refractivity contribution in [3.05, 3.63) is 17.5 Å². The molecular weight excluding hydrogens is 184 g/mol. The lowest BCUT2D eigenvalue weighted by Crippen LogP contribution is -1.90. The first kappa shape index (κ1) is 8.19. The Bertz CT molecular complexity index is 450. The average molecular weight is 194 g/mol. The van der Waals surface area contributed by atoms with E-state index in [2.05, 4.69) is 0 Å². The lowest BCUT2D eigenvalue weighted by Gasteiger charge is -2.02. The topological polar surface area (TPSA) is 61.3 Å². The highest BCUT2D eigenvalue weighted by molar-refractivity contribution is 7.18. The SMILES string of the molecule is COc1cc(N)c2c(N)csc2c1. The van der Waals surface area contributed by atoms with Crippen LogP contribution in [0.15, 0.2) is 17.5 Å². The zero-order valence-electron chi connectivity index (χ0n) is 7.20. The minimum absolute atomic E-state index is 0.674. The molecule has 0 radical (unpaired) electrons. The number of ether oxygens (including phenoxy) is 1. The van der Waals surface area contributed by atoms with Gasteiger partial charge >= 0.3 is 0 Å². The molecule has 0 atom stereocenters. The molecule has 1 aromatic carbocycles. The molecule has 0 spiro atoms. The molecular formula is C9H10N2OS. The van der Waals surface area contributed by atoms with E-state index in [-0.39, 0.29) is 0 Å². The number of benzene rings is 1. The fourth-order valence-electron chi connectivity index (χ4n) is 1.32. The highest BCUT2D eigenvalue weighted by Gasteiger charge is 2.06. The van der Waals surface area contributed by atoms with Crippen molar-refractivity contribution in [2.75, 3.05) is 18.6 Å². The number of fused-ring (bicyclic) bond motifs is 1. The summed E-state index contributed by atoms with van der Waals surface area (Å²) in [6.07, 6.45) is 0. The number of hydrogen-bond acceptors (Lipinski definition) is 4. The van der Waals surface area contributed by atoms with Gasteiger partial charge in [-0.15, -0.1) is 11.3 Å². The Kier molecular flexibility index (Phi) is 1.77. The molecule has 1 heterocycles. The number of hydrogen-bond donors (Lipinski definition) is 2. The molecule has 4 N–H and O–H groups in total. The van der Waals surface area contributed by atoms with Gasteiger partial charge in [0.1, 0.15) is 5.75 Å². The fourth-order valence-corrected chi connectivity index (χ4v) is 2.23. The van der Waals surface area contributed by atoms with Crippen LogP contribution in [-0.2, 0) is 0 Å². The van der Waals surface area contributed by atoms with Crippen LogP contribution in [-0.4, -0.2) is 7.11 Å². The highest BCUT2D eigenvalue weighted by atomic mass is 32.1. The number of methoxy groups -OCH3 is 1. The van der Waals surface area contributed by atoms with Crippen LogP contribution in [0, 0.1) is 0 Å². The van der Waals surface area contributed by atoms with Gasteiger partial charge in [0.15, 0.2) is 0 Å². The molecule has 0 aliphatic rings. The molecule has 0 amide bonds. The van der Waals surface area contributed by atoms with Gasteiger partial charge in [0.25, 0.3) is 0 Å². The van der Waals surface area contributed by atoms with Gasteiger partial charge in [0.2, 0.25) is 0 Å². The van der Waals surface area contributed by atoms with E-state index >= 15 is 0 Å². The first-order valence-electron chi connectivity index (χ1n) is 3.82. The molecule has 0 aliphatic heterocycles. The Morgan fingerprint density at radius 3 is 2.69 bits per heavy atom. The van der Waals surface area contributed by atoms with Crippen molar-refractivity contribution in [3.63, 3.8) is 0 Å². The second-order valence-corrected chi connectivity index (χ2v) is 3.69. The molecule has 0 saturated heterocycles. The van der Waals surface area contributed by atoms with Gasteiger partial charge in [-0.25, -0.2) is 0 Å². The summed E-state index contributed by atoms with van der Waals surface area (Å²) in [4.78, 5) is 0. The predicted molar refractivity (Wildman–Crippen MR) is 57.2 cm³/mol. The van der Waals surface area contributed by atoms with Crippen molar-refractivity contribution in [2.45, 2.75) is 0 Å². The quantitative estimate of drug-likeness (QED) is 0.683. The van der Waals surface area contributed by atoms with Gasteiger partial charge in [0.05, 0.1) is 12.8 Å². The summed E-state index contributed by atoms with van der Waals surface area (Å²) in [7, 11) is 1.62. The maximum atomic E-state index is 5.82. The van der Waals surface area contributed by atoms with E-state index in [9.17, 15) is 0 Å². The van der Waals surface area contributed by atoms with Gasteiger partial charge in [-0.05, 0) is 6.07 Å². The van der Waals surface area contributed by atoms with Gasteiger partial charge in [-0.1, -0.05) is 0 Å². The largest absolute Gasteiger partial charge is 0.497 e. The number of nitrogens with two attached hydrogens (primary N) is 2. The molecule has 13 heavy (non-hydrogen) atoms. The van der Waals surface area contributed by atoms with Crippen molar-refractivity contribution < 1.29 is 4.74 Å². The van der Waals surface area contributed by atoms with E-state index in [0.717, 1.165) is 21.5 Å². The summed E-state index contributed by atoms with van der Waals surface area (Å²) in [6.45, 7) is 0. The molecule has 68 valence electrons. The van der Waals surface area contributed by atoms with Crippen LogP contribution in [0.25, 0.3) is 10.1 Å². The minimum Gasteiger partial charge on any atom is -0.497 e. The van der Waals surface area contributed by atoms with E-state index in [1.54, 1.807) is 24.5 Å². The zero-order valence-corrected chi connectivity index (χ0v) is 8.02. The number of anilines is 2. The van der Waals surface area contributed by atoms with E-state index in [4.69, 9.17) is 16.2 Å². The normalized spacial score (nSPS) is 10.5. The summed E-state index contributed by atoms with van der Waals surface area (Å²) in [6, 6.07) is 3.72. The predicted octanol–water partition coefficient (Wildman–Crippen LogP) is 2.07. The second-order valence-electron chi connectivity index (χ2n) is 2.78. The maximum Gasteiger partial charge on any atom is 0.122 e. The van der Waals surface area contributed by atoms with Crippen LogP contribution in [0.4, 0.5) is 11.4 Å². The van der Waals surface area contributed by atoms with Gasteiger partial charge in [-0.2, -0.15) is 0 Å². The summed E-state index contributed by atoms with van der Waals surface area (Å²) < 4.78 is 6.16. The lowest BCUT2D eigenvalue weighted by atomic mass is 10.2. The monoisotopic (exact) mass is 194 g/mol. The van der Waals surface area contributed by atoms with Gasteiger partial charge in [0, 0.05) is 27.2 Å². The second kappa shape index (κ2) is 2.81. The number of rotatable bonds is 1. The summed E-state index contributed by atoms with van der Waals surface area (Å²) in [5, 5.41) is 2.83. The molecule has 4 heteroatoms. The summed E-state index contributed by atoms with van der Waals surface area (Å²) >= 11 is 1.57. The third-order valence-electron chi connectivity index (χ3n) is 1.94. The number of thiophene rings is 1. The smallest absolute Gasteiger partial charge is 0.122 e. The van der Waals surface area contributed by atoms with Gasteiger partial charge < -0.3 is 16.2 Å². The third kappa shape index (κ3) is 1.19. The molecule has 2 rings (SSSR count). The van der Waals surface area contributed by atoms with Crippen LogP contribution in [0.3, 0.4) is 0 Å². The van der Waals surface area contributed by atoms with Crippen LogP contribution >= 0.6 is 11.3 Å². The van der Waals surface area contributed by atoms with Crippen molar-refractivity contribution >= 4 is 32.8 Å². The Balaban J connectivity index is 2.79. The Morgan fingerprint density at radius 2 is 2.00 bits per heavy atom.